The predicted octanol–water partition coefficient (Wildman–Crippen LogP) is 1.60. The summed E-state index contributed by atoms with van der Waals surface area (Å²) in [6.07, 6.45) is -5.14. The van der Waals surface area contributed by atoms with Crippen molar-refractivity contribution >= 4 is 11.9 Å². The smallest absolute Gasteiger partial charge is 0.356 e. The normalized spacial score (nSPS) is 12.2. The molecule has 26 heavy (non-hydrogen) atoms. The molecule has 0 spiro atoms. The Hall–Kier alpha value is -2.29. The fourth-order valence-electron chi connectivity index (χ4n) is 2.05. The van der Waals surface area contributed by atoms with Gasteiger partial charge in [-0.3, -0.25) is 9.79 Å². The van der Waals surface area contributed by atoms with Crippen molar-refractivity contribution in [2.24, 2.45) is 4.99 Å². The first-order valence-electron chi connectivity index (χ1n) is 8.24. The van der Waals surface area contributed by atoms with Gasteiger partial charge in [0, 0.05) is 38.8 Å². The second kappa shape index (κ2) is 10.6. The quantitative estimate of drug-likeness (QED) is 0.478. The molecular formula is C17H26F3N5O. The molecule has 1 aromatic rings. The fourth-order valence-corrected chi connectivity index (χ4v) is 2.05. The minimum atomic E-state index is -4.21. The molecule has 0 aliphatic rings. The van der Waals surface area contributed by atoms with E-state index in [0.717, 1.165) is 12.1 Å². The number of benzene rings is 1. The van der Waals surface area contributed by atoms with Crippen LogP contribution in [0.4, 0.5) is 13.2 Å². The first-order valence-corrected chi connectivity index (χ1v) is 8.24. The van der Waals surface area contributed by atoms with Gasteiger partial charge in [-0.1, -0.05) is 12.1 Å². The van der Waals surface area contributed by atoms with Crippen LogP contribution in [-0.2, 0) is 6.54 Å². The Morgan fingerprint density at radius 3 is 2.50 bits per heavy atom. The van der Waals surface area contributed by atoms with Crippen LogP contribution in [0.3, 0.4) is 0 Å². The Balaban J connectivity index is 2.50. The summed E-state index contributed by atoms with van der Waals surface area (Å²) in [7, 11) is 5.33. The number of halogens is 3. The molecule has 0 heterocycles. The first kappa shape index (κ1) is 21.8. The summed E-state index contributed by atoms with van der Waals surface area (Å²) in [5.41, 5.74) is 1.35. The Morgan fingerprint density at radius 1 is 1.15 bits per heavy atom. The van der Waals surface area contributed by atoms with E-state index in [9.17, 15) is 18.0 Å². The van der Waals surface area contributed by atoms with Crippen molar-refractivity contribution in [3.05, 3.63) is 35.4 Å². The van der Waals surface area contributed by atoms with E-state index in [1.165, 1.54) is 7.05 Å². The van der Waals surface area contributed by atoms with Crippen LogP contribution in [0.15, 0.2) is 29.3 Å². The molecule has 0 aliphatic carbocycles. The van der Waals surface area contributed by atoms with Crippen molar-refractivity contribution in [1.82, 2.24) is 20.9 Å². The number of hydrogen-bond acceptors (Lipinski definition) is 3. The summed E-state index contributed by atoms with van der Waals surface area (Å²) in [4.78, 5) is 18.0. The highest BCUT2D eigenvalue weighted by atomic mass is 19.4. The second-order valence-corrected chi connectivity index (χ2v) is 5.98. The fraction of sp³-hybridized carbons (Fsp3) is 0.529. The molecule has 0 aliphatic heterocycles. The van der Waals surface area contributed by atoms with E-state index in [-0.39, 0.29) is 18.4 Å². The summed E-state index contributed by atoms with van der Waals surface area (Å²) in [5.74, 6) is 0.108. The summed E-state index contributed by atoms with van der Waals surface area (Å²) < 4.78 is 36.5. The van der Waals surface area contributed by atoms with E-state index in [2.05, 4.69) is 20.9 Å². The monoisotopic (exact) mass is 373 g/mol. The molecule has 0 fully saturated rings. The average Bonchev–Trinajstić information content (AvgIpc) is 2.56. The highest BCUT2D eigenvalue weighted by molar-refractivity contribution is 5.94. The van der Waals surface area contributed by atoms with Gasteiger partial charge in [0.05, 0.1) is 6.42 Å². The van der Waals surface area contributed by atoms with Crippen LogP contribution in [0.25, 0.3) is 0 Å². The second-order valence-electron chi connectivity index (χ2n) is 5.98. The zero-order valence-corrected chi connectivity index (χ0v) is 15.3. The Bertz CT molecular complexity index is 602. The molecule has 0 bridgehead atoms. The molecule has 0 saturated carbocycles. The van der Waals surface area contributed by atoms with Crippen LogP contribution in [0, 0.1) is 0 Å². The molecule has 0 saturated heterocycles. The van der Waals surface area contributed by atoms with E-state index in [4.69, 9.17) is 0 Å². The predicted molar refractivity (Wildman–Crippen MR) is 96.2 cm³/mol. The van der Waals surface area contributed by atoms with Crippen molar-refractivity contribution in [3.63, 3.8) is 0 Å². The summed E-state index contributed by atoms with van der Waals surface area (Å²) in [6.45, 7) is 1.37. The summed E-state index contributed by atoms with van der Waals surface area (Å²) >= 11 is 0. The largest absolute Gasteiger partial charge is 0.390 e. The lowest BCUT2D eigenvalue weighted by Crippen LogP contribution is -2.38. The first-order chi connectivity index (χ1) is 12.2. The number of hydrogen-bond donors (Lipinski definition) is 3. The lowest BCUT2D eigenvalue weighted by molar-refractivity contribution is -0.132. The van der Waals surface area contributed by atoms with Crippen LogP contribution < -0.4 is 16.0 Å². The molecule has 0 atom stereocenters. The standard InChI is InChI=1S/C17H26F3N5O/c1-21-16(23-8-7-17(18,19)20)24-12-13-5-4-6-14(11-13)15(26)22-9-10-25(2)3/h4-6,11H,7-10,12H2,1-3H3,(H,22,26)(H2,21,23,24). The SMILES string of the molecule is CN=C(NCCC(F)(F)F)NCc1cccc(C(=O)NCCN(C)C)c1. The minimum absolute atomic E-state index is 0.165. The van der Waals surface area contributed by atoms with E-state index in [1.54, 1.807) is 18.2 Å². The number of aliphatic imine (C=N–C) groups is 1. The molecule has 1 amide bonds. The van der Waals surface area contributed by atoms with Gasteiger partial charge < -0.3 is 20.9 Å². The van der Waals surface area contributed by atoms with E-state index < -0.39 is 12.6 Å². The summed E-state index contributed by atoms with van der Waals surface area (Å²) in [5, 5.41) is 8.37. The van der Waals surface area contributed by atoms with Crippen LogP contribution in [0.2, 0.25) is 0 Å². The molecule has 1 aromatic carbocycles. The zero-order valence-electron chi connectivity index (χ0n) is 15.3. The van der Waals surface area contributed by atoms with Crippen LogP contribution >= 0.6 is 0 Å². The van der Waals surface area contributed by atoms with Crippen molar-refractivity contribution < 1.29 is 18.0 Å². The Morgan fingerprint density at radius 2 is 1.88 bits per heavy atom. The molecule has 0 radical (unpaired) electrons. The Kier molecular flexibility index (Phi) is 8.91. The van der Waals surface area contributed by atoms with Gasteiger partial charge in [0.15, 0.2) is 5.96 Å². The number of carbonyl (C=O) groups excluding carboxylic acids is 1. The highest BCUT2D eigenvalue weighted by Crippen LogP contribution is 2.18. The van der Waals surface area contributed by atoms with Gasteiger partial charge in [0.1, 0.15) is 0 Å². The van der Waals surface area contributed by atoms with Crippen molar-refractivity contribution in [2.45, 2.75) is 19.1 Å². The van der Waals surface area contributed by atoms with Crippen molar-refractivity contribution in [3.8, 4) is 0 Å². The van der Waals surface area contributed by atoms with Gasteiger partial charge in [-0.2, -0.15) is 13.2 Å². The minimum Gasteiger partial charge on any atom is -0.356 e. The lowest BCUT2D eigenvalue weighted by atomic mass is 10.1. The topological polar surface area (TPSA) is 68.8 Å². The maximum absolute atomic E-state index is 12.2. The van der Waals surface area contributed by atoms with Gasteiger partial charge in [-0.25, -0.2) is 0 Å². The molecular weight excluding hydrogens is 347 g/mol. The van der Waals surface area contributed by atoms with E-state index in [1.807, 2.05) is 25.1 Å². The third-order valence-electron chi connectivity index (χ3n) is 3.42. The third-order valence-corrected chi connectivity index (χ3v) is 3.42. The number of carbonyl (C=O) groups is 1. The number of nitrogens with one attached hydrogen (secondary N) is 3. The van der Waals surface area contributed by atoms with Crippen molar-refractivity contribution in [2.75, 3.05) is 40.8 Å². The molecule has 6 nitrogen and oxygen atoms in total. The molecule has 3 N–H and O–H groups in total. The molecule has 146 valence electrons. The lowest BCUT2D eigenvalue weighted by Gasteiger charge is -2.13. The number of rotatable bonds is 8. The summed E-state index contributed by atoms with van der Waals surface area (Å²) in [6, 6.07) is 7.04. The molecule has 9 heteroatoms. The molecule has 0 aromatic heterocycles. The van der Waals surface area contributed by atoms with Crippen molar-refractivity contribution in [1.29, 1.82) is 0 Å². The average molecular weight is 373 g/mol. The highest BCUT2D eigenvalue weighted by Gasteiger charge is 2.26. The van der Waals surface area contributed by atoms with Crippen LogP contribution in [0.1, 0.15) is 22.3 Å². The van der Waals surface area contributed by atoms with Crippen LogP contribution in [0.5, 0.6) is 0 Å². The number of amides is 1. The zero-order chi connectivity index (χ0) is 19.6. The van der Waals surface area contributed by atoms with E-state index in [0.29, 0.717) is 18.7 Å². The third kappa shape index (κ3) is 9.26. The van der Waals surface area contributed by atoms with Gasteiger partial charge in [0.2, 0.25) is 0 Å². The maximum atomic E-state index is 12.2. The number of nitrogens with zero attached hydrogens (tertiary/aromatic N) is 2. The maximum Gasteiger partial charge on any atom is 0.390 e. The van der Waals surface area contributed by atoms with E-state index >= 15 is 0 Å². The van der Waals surface area contributed by atoms with Gasteiger partial charge in [-0.15, -0.1) is 0 Å². The number of alkyl halides is 3. The van der Waals surface area contributed by atoms with Crippen LogP contribution in [-0.4, -0.2) is 63.7 Å². The molecule has 0 unspecified atom stereocenters. The van der Waals surface area contributed by atoms with Gasteiger partial charge >= 0.3 is 6.18 Å². The number of likely N-dealkylation sites (N-methyl/N-ethyl adjacent to an activating group) is 1. The van der Waals surface area contributed by atoms with Gasteiger partial charge in [-0.05, 0) is 31.8 Å². The Labute approximate surface area is 151 Å². The number of guanidine groups is 1. The van der Waals surface area contributed by atoms with Gasteiger partial charge in [0.25, 0.3) is 5.91 Å². The molecule has 1 rings (SSSR count).